The molecule has 2 aliphatic heterocycles. The minimum absolute atomic E-state index is 0.00747. The highest BCUT2D eigenvalue weighted by Crippen LogP contribution is 2.41. The van der Waals surface area contributed by atoms with Gasteiger partial charge in [0.2, 0.25) is 5.60 Å². The Kier molecular flexibility index (Phi) is 8.62. The molecular formula is C33H29FN4O6S2. The van der Waals surface area contributed by atoms with E-state index in [9.17, 15) is 23.6 Å². The molecule has 0 bridgehead atoms. The van der Waals surface area contributed by atoms with Gasteiger partial charge < -0.3 is 19.4 Å². The number of benzene rings is 2. The number of pyridine rings is 2. The molecule has 0 aliphatic carbocycles. The van der Waals surface area contributed by atoms with E-state index in [1.165, 1.54) is 23.9 Å². The first-order valence-electron chi connectivity index (χ1n) is 14.6. The van der Waals surface area contributed by atoms with Gasteiger partial charge in [0.05, 0.1) is 29.0 Å². The van der Waals surface area contributed by atoms with Gasteiger partial charge in [-0.2, -0.15) is 11.8 Å². The number of thioether (sulfide) groups is 1. The number of halogens is 1. The van der Waals surface area contributed by atoms with E-state index >= 15 is 0 Å². The van der Waals surface area contributed by atoms with Crippen molar-refractivity contribution in [3.05, 3.63) is 99.1 Å². The fourth-order valence-electron chi connectivity index (χ4n) is 5.78. The van der Waals surface area contributed by atoms with E-state index in [-0.39, 0.29) is 46.8 Å². The Morgan fingerprint density at radius 2 is 1.93 bits per heavy atom. The summed E-state index contributed by atoms with van der Waals surface area (Å²) >= 11 is 6.80. The first kappa shape index (κ1) is 31.4. The van der Waals surface area contributed by atoms with E-state index in [1.54, 1.807) is 17.6 Å². The zero-order chi connectivity index (χ0) is 32.6. The van der Waals surface area contributed by atoms with E-state index in [0.29, 0.717) is 23.7 Å². The van der Waals surface area contributed by atoms with Crippen LogP contribution in [0.15, 0.2) is 65.5 Å². The third kappa shape index (κ3) is 5.64. The number of amides is 1. The number of esters is 2. The average molecular weight is 661 g/mol. The molecule has 2 N–H and O–H groups in total. The first-order chi connectivity index (χ1) is 22.1. The van der Waals surface area contributed by atoms with E-state index in [0.717, 1.165) is 28.6 Å². The topological polar surface area (TPSA) is 129 Å². The lowest BCUT2D eigenvalue weighted by Gasteiger charge is -2.36. The minimum atomic E-state index is -1.91. The maximum Gasteiger partial charge on any atom is 0.355 e. The summed E-state index contributed by atoms with van der Waals surface area (Å²) in [6.07, 6.45) is 2.10. The van der Waals surface area contributed by atoms with Gasteiger partial charge in [-0.1, -0.05) is 25.1 Å². The highest BCUT2D eigenvalue weighted by atomic mass is 32.2. The zero-order valence-corrected chi connectivity index (χ0v) is 26.6. The number of hydrogen-bond donors (Lipinski definition) is 2. The van der Waals surface area contributed by atoms with Crippen molar-refractivity contribution in [1.82, 2.24) is 20.2 Å². The number of carbonyl (C=O) groups excluding carboxylic acids is 3. The van der Waals surface area contributed by atoms with Crippen LogP contribution in [0.2, 0.25) is 0 Å². The van der Waals surface area contributed by atoms with Crippen molar-refractivity contribution >= 4 is 57.8 Å². The summed E-state index contributed by atoms with van der Waals surface area (Å²) in [5.41, 5.74) is 1.17. The van der Waals surface area contributed by atoms with Crippen LogP contribution in [0.4, 0.5) is 4.39 Å². The summed E-state index contributed by atoms with van der Waals surface area (Å²) in [6.45, 7) is 1.72. The van der Waals surface area contributed by atoms with Gasteiger partial charge in [0.15, 0.2) is 5.11 Å². The smallest absolute Gasteiger partial charge is 0.355 e. The second-order valence-electron chi connectivity index (χ2n) is 10.9. The first-order valence-corrected chi connectivity index (χ1v) is 16.4. The second-order valence-corrected chi connectivity index (χ2v) is 12.3. The Morgan fingerprint density at radius 1 is 1.17 bits per heavy atom. The fourth-order valence-corrected chi connectivity index (χ4v) is 6.49. The molecule has 4 heterocycles. The quantitative estimate of drug-likeness (QED) is 0.185. The standard InChI is InChI=1S/C33H29FN4O6S2/c1-3-33(44-30(41)25(12-13-46-2)36-32(45)37-28(39)18-8-10-21(34)11-9-18)23-15-26-27-20(14-19-6-4-5-7-24(19)35-27)16-38(26)29(40)22(23)17-43-31(33)42/h4-11,14-15,25H,3,12-13,16-17H2,1-2H3,(H2,36,37,39,45)/t25-,33-/m0/s1. The number of aromatic nitrogens is 2. The van der Waals surface area contributed by atoms with Crippen molar-refractivity contribution in [3.63, 3.8) is 0 Å². The number of cyclic esters (lactones) is 1. The average Bonchev–Trinajstić information content (AvgIpc) is 3.41. The molecule has 2 aromatic carbocycles. The Morgan fingerprint density at radius 3 is 2.67 bits per heavy atom. The van der Waals surface area contributed by atoms with Gasteiger partial charge in [-0.15, -0.1) is 0 Å². The van der Waals surface area contributed by atoms with Crippen LogP contribution < -0.4 is 16.2 Å². The van der Waals surface area contributed by atoms with Gasteiger partial charge in [0.1, 0.15) is 18.5 Å². The molecule has 2 aliphatic rings. The molecule has 236 valence electrons. The lowest BCUT2D eigenvalue weighted by molar-refractivity contribution is -0.190. The van der Waals surface area contributed by atoms with Gasteiger partial charge in [-0.25, -0.2) is 19.0 Å². The molecule has 0 saturated carbocycles. The van der Waals surface area contributed by atoms with E-state index in [1.807, 2.05) is 36.6 Å². The SMILES string of the molecule is CC[C@@]1(OC(=O)[C@H](CCSC)NC(=S)NC(=O)c2ccc(F)cc2)C(=O)OCc2c1cc1n(c2=O)Cc2cc3ccccc3nc2-1. The molecule has 2 atom stereocenters. The molecule has 2 aromatic heterocycles. The van der Waals surface area contributed by atoms with Crippen LogP contribution in [0.1, 0.15) is 46.8 Å². The zero-order valence-electron chi connectivity index (χ0n) is 24.9. The van der Waals surface area contributed by atoms with E-state index < -0.39 is 35.3 Å². The van der Waals surface area contributed by atoms with Gasteiger partial charge in [-0.05, 0) is 79.5 Å². The molecule has 6 rings (SSSR count). The largest absolute Gasteiger partial charge is 0.457 e. The second kappa shape index (κ2) is 12.6. The monoisotopic (exact) mass is 660 g/mol. The Hall–Kier alpha value is -4.62. The summed E-state index contributed by atoms with van der Waals surface area (Å²) in [4.78, 5) is 58.6. The third-order valence-electron chi connectivity index (χ3n) is 8.19. The van der Waals surface area contributed by atoms with Crippen molar-refractivity contribution in [2.24, 2.45) is 0 Å². The number of nitrogens with one attached hydrogen (secondary N) is 2. The predicted molar refractivity (Wildman–Crippen MR) is 175 cm³/mol. The van der Waals surface area contributed by atoms with Crippen molar-refractivity contribution in [2.75, 3.05) is 12.0 Å². The molecule has 1 amide bonds. The molecule has 0 radical (unpaired) electrons. The summed E-state index contributed by atoms with van der Waals surface area (Å²) < 4.78 is 26.4. The predicted octanol–water partition coefficient (Wildman–Crippen LogP) is 4.20. The lowest BCUT2D eigenvalue weighted by atomic mass is 9.85. The Balaban J connectivity index is 1.31. The number of nitrogens with zero attached hydrogens (tertiary/aromatic N) is 2. The Labute approximate surface area is 272 Å². The number of thiocarbonyl (C=S) groups is 1. The van der Waals surface area contributed by atoms with Crippen LogP contribution in [0.25, 0.3) is 22.3 Å². The summed E-state index contributed by atoms with van der Waals surface area (Å²) in [6, 6.07) is 15.2. The maximum atomic E-state index is 13.8. The molecule has 4 aromatic rings. The molecule has 0 unspecified atom stereocenters. The molecule has 0 spiro atoms. The van der Waals surface area contributed by atoms with Gasteiger partial charge >= 0.3 is 11.9 Å². The normalized spacial score (nSPS) is 16.9. The van der Waals surface area contributed by atoms with Gasteiger partial charge in [-0.3, -0.25) is 14.9 Å². The van der Waals surface area contributed by atoms with Crippen molar-refractivity contribution < 1.29 is 28.2 Å². The van der Waals surface area contributed by atoms with Crippen LogP contribution in [-0.4, -0.2) is 50.6 Å². The number of ether oxygens (including phenoxy) is 2. The van der Waals surface area contributed by atoms with Gasteiger partial charge in [0, 0.05) is 22.1 Å². The molecule has 0 saturated heterocycles. The van der Waals surface area contributed by atoms with Crippen LogP contribution in [0, 0.1) is 5.82 Å². The fraction of sp³-hybridized carbons (Fsp3) is 0.273. The number of fused-ring (bicyclic) bond motifs is 5. The lowest BCUT2D eigenvalue weighted by Crippen LogP contribution is -2.53. The molecule has 13 heteroatoms. The van der Waals surface area contributed by atoms with Crippen LogP contribution in [0.3, 0.4) is 0 Å². The molecule has 0 fully saturated rings. The van der Waals surface area contributed by atoms with Crippen LogP contribution in [0.5, 0.6) is 0 Å². The van der Waals surface area contributed by atoms with Crippen LogP contribution in [-0.2, 0) is 37.8 Å². The van der Waals surface area contributed by atoms with Crippen LogP contribution >= 0.6 is 24.0 Å². The number of hydrogen-bond acceptors (Lipinski definition) is 9. The third-order valence-corrected chi connectivity index (χ3v) is 9.06. The maximum absolute atomic E-state index is 13.8. The van der Waals surface area contributed by atoms with Gasteiger partial charge in [0.25, 0.3) is 11.5 Å². The summed E-state index contributed by atoms with van der Waals surface area (Å²) in [5.74, 6) is -2.18. The van der Waals surface area contributed by atoms with Crippen molar-refractivity contribution in [1.29, 1.82) is 0 Å². The summed E-state index contributed by atoms with van der Waals surface area (Å²) in [7, 11) is 0. The number of carbonyl (C=O) groups is 3. The highest BCUT2D eigenvalue weighted by Gasteiger charge is 2.51. The summed E-state index contributed by atoms with van der Waals surface area (Å²) in [5, 5.41) is 6.10. The highest BCUT2D eigenvalue weighted by molar-refractivity contribution is 7.98. The Bertz CT molecular complexity index is 1960. The van der Waals surface area contributed by atoms with Crippen molar-refractivity contribution in [3.8, 4) is 11.4 Å². The van der Waals surface area contributed by atoms with Crippen molar-refractivity contribution in [2.45, 2.75) is 44.6 Å². The van der Waals surface area contributed by atoms with E-state index in [2.05, 4.69) is 10.6 Å². The van der Waals surface area contributed by atoms with E-state index in [4.69, 9.17) is 26.7 Å². The molecular weight excluding hydrogens is 632 g/mol. The number of para-hydroxylation sites is 1. The number of rotatable bonds is 8. The minimum Gasteiger partial charge on any atom is -0.457 e. The molecule has 46 heavy (non-hydrogen) atoms. The molecule has 10 nitrogen and oxygen atoms in total.